The average Bonchev–Trinajstić information content (AvgIpc) is 3.26. The molecule has 4 heteroatoms. The van der Waals surface area contributed by atoms with E-state index in [9.17, 15) is 9.90 Å². The summed E-state index contributed by atoms with van der Waals surface area (Å²) in [4.78, 5) is 11.2. The molecule has 1 aliphatic heterocycles. The molecule has 1 saturated heterocycles. The van der Waals surface area contributed by atoms with Crippen LogP contribution in [0.1, 0.15) is 44.1 Å². The van der Waals surface area contributed by atoms with Crippen molar-refractivity contribution in [3.8, 4) is 0 Å². The van der Waals surface area contributed by atoms with Gasteiger partial charge in [0.1, 0.15) is 0 Å². The van der Waals surface area contributed by atoms with Crippen LogP contribution in [0, 0.1) is 17.3 Å². The summed E-state index contributed by atoms with van der Waals surface area (Å²) in [6.07, 6.45) is 11.1. The molecule has 0 radical (unpaired) electrons. The standard InChI is InChI=1S/C23H32O4/c1-26-22(25)12-8-3-2-7-11-20-19(16-24)21-15-23(20,17-27-21)14-13-18-9-5-4-6-10-18/h2,4-7,9-10,19-21,24H,3,8,11-17H2,1H3/b7-2-/t19-,20-,21-,23-/m1/s1. The second-order valence-corrected chi connectivity index (χ2v) is 8.03. The van der Waals surface area contributed by atoms with Gasteiger partial charge in [-0.25, -0.2) is 0 Å². The maximum atomic E-state index is 11.2. The number of benzene rings is 1. The fourth-order valence-electron chi connectivity index (χ4n) is 4.93. The molecule has 4 atom stereocenters. The van der Waals surface area contributed by atoms with Gasteiger partial charge in [0.15, 0.2) is 0 Å². The molecule has 1 aromatic rings. The number of fused-ring (bicyclic) bond motifs is 2. The van der Waals surface area contributed by atoms with Gasteiger partial charge in [-0.1, -0.05) is 42.5 Å². The monoisotopic (exact) mass is 372 g/mol. The Kier molecular flexibility index (Phi) is 7.08. The normalized spacial score (nSPS) is 29.5. The lowest BCUT2D eigenvalue weighted by molar-refractivity contribution is -0.140. The third-order valence-corrected chi connectivity index (χ3v) is 6.47. The number of aliphatic hydroxyl groups excluding tert-OH is 1. The number of aliphatic hydroxyl groups is 1. The number of aryl methyl sites for hydroxylation is 1. The van der Waals surface area contributed by atoms with Gasteiger partial charge in [0.2, 0.25) is 0 Å². The molecule has 1 N–H and O–H groups in total. The molecule has 1 saturated carbocycles. The van der Waals surface area contributed by atoms with E-state index in [1.165, 1.54) is 12.7 Å². The van der Waals surface area contributed by atoms with Crippen molar-refractivity contribution in [2.75, 3.05) is 20.3 Å². The molecule has 0 unspecified atom stereocenters. The van der Waals surface area contributed by atoms with Gasteiger partial charge in [-0.2, -0.15) is 0 Å². The van der Waals surface area contributed by atoms with Crippen LogP contribution in [0.4, 0.5) is 0 Å². The van der Waals surface area contributed by atoms with Crippen molar-refractivity contribution in [2.45, 2.75) is 51.0 Å². The topological polar surface area (TPSA) is 55.8 Å². The van der Waals surface area contributed by atoms with Gasteiger partial charge in [-0.05, 0) is 50.0 Å². The van der Waals surface area contributed by atoms with Crippen molar-refractivity contribution >= 4 is 5.97 Å². The maximum Gasteiger partial charge on any atom is 0.305 e. The zero-order valence-electron chi connectivity index (χ0n) is 16.3. The number of esters is 1. The fourth-order valence-corrected chi connectivity index (χ4v) is 4.93. The molecule has 0 amide bonds. The van der Waals surface area contributed by atoms with Crippen molar-refractivity contribution < 1.29 is 19.4 Å². The molecule has 1 heterocycles. The molecule has 148 valence electrons. The highest BCUT2D eigenvalue weighted by Gasteiger charge is 2.57. The Labute approximate surface area is 162 Å². The van der Waals surface area contributed by atoms with Crippen LogP contribution < -0.4 is 0 Å². The summed E-state index contributed by atoms with van der Waals surface area (Å²) in [7, 11) is 1.43. The summed E-state index contributed by atoms with van der Waals surface area (Å²) in [5, 5.41) is 9.93. The minimum atomic E-state index is -0.145. The van der Waals surface area contributed by atoms with E-state index in [1.54, 1.807) is 0 Å². The molecular weight excluding hydrogens is 340 g/mol. The number of carbonyl (C=O) groups is 1. The lowest BCUT2D eigenvalue weighted by atomic mass is 9.70. The Balaban J connectivity index is 1.56. The smallest absolute Gasteiger partial charge is 0.305 e. The lowest BCUT2D eigenvalue weighted by Crippen LogP contribution is -2.38. The molecule has 0 spiro atoms. The summed E-state index contributed by atoms with van der Waals surface area (Å²) in [5.74, 6) is 0.574. The number of carbonyl (C=O) groups excluding carboxylic acids is 1. The first-order valence-electron chi connectivity index (χ1n) is 10.2. The van der Waals surface area contributed by atoms with Gasteiger partial charge >= 0.3 is 5.97 Å². The Morgan fingerprint density at radius 1 is 1.33 bits per heavy atom. The minimum Gasteiger partial charge on any atom is -0.469 e. The third-order valence-electron chi connectivity index (χ3n) is 6.47. The summed E-state index contributed by atoms with van der Waals surface area (Å²) >= 11 is 0. The SMILES string of the molecule is COC(=O)CCC/C=C\C[C@@H]1[C@@H](CO)[C@H]2C[C@]1(CCc1ccccc1)CO2. The Morgan fingerprint density at radius 2 is 2.15 bits per heavy atom. The predicted octanol–water partition coefficient (Wildman–Crippen LogP) is 3.92. The van der Waals surface area contributed by atoms with E-state index >= 15 is 0 Å². The number of unbranched alkanes of at least 4 members (excludes halogenated alkanes) is 1. The Hall–Kier alpha value is -1.65. The zero-order chi connectivity index (χ0) is 19.1. The molecule has 4 nitrogen and oxygen atoms in total. The number of hydrogen-bond donors (Lipinski definition) is 1. The summed E-state index contributed by atoms with van der Waals surface area (Å²) < 4.78 is 10.7. The van der Waals surface area contributed by atoms with Crippen LogP contribution >= 0.6 is 0 Å². The summed E-state index contributed by atoms with van der Waals surface area (Å²) in [6, 6.07) is 10.6. The predicted molar refractivity (Wildman–Crippen MR) is 105 cm³/mol. The zero-order valence-corrected chi connectivity index (χ0v) is 16.3. The molecule has 3 rings (SSSR count). The largest absolute Gasteiger partial charge is 0.469 e. The van der Waals surface area contributed by atoms with Gasteiger partial charge in [-0.15, -0.1) is 0 Å². The first-order chi connectivity index (χ1) is 13.2. The van der Waals surface area contributed by atoms with E-state index in [2.05, 4.69) is 47.2 Å². The van der Waals surface area contributed by atoms with Crippen molar-refractivity contribution in [3.63, 3.8) is 0 Å². The number of allylic oxidation sites excluding steroid dienone is 2. The van der Waals surface area contributed by atoms with Gasteiger partial charge in [-0.3, -0.25) is 4.79 Å². The van der Waals surface area contributed by atoms with Gasteiger partial charge < -0.3 is 14.6 Å². The summed E-state index contributed by atoms with van der Waals surface area (Å²) in [5.41, 5.74) is 1.56. The van der Waals surface area contributed by atoms with Gasteiger partial charge in [0.25, 0.3) is 0 Å². The fraction of sp³-hybridized carbons (Fsp3) is 0.609. The highest BCUT2D eigenvalue weighted by Crippen LogP contribution is 2.57. The molecule has 1 aromatic carbocycles. The Morgan fingerprint density at radius 3 is 2.89 bits per heavy atom. The average molecular weight is 373 g/mol. The van der Waals surface area contributed by atoms with Crippen LogP contribution in [0.25, 0.3) is 0 Å². The van der Waals surface area contributed by atoms with Crippen molar-refractivity contribution in [1.29, 1.82) is 0 Å². The van der Waals surface area contributed by atoms with Crippen LogP contribution in [0.3, 0.4) is 0 Å². The van der Waals surface area contributed by atoms with E-state index in [0.29, 0.717) is 12.3 Å². The second-order valence-electron chi connectivity index (χ2n) is 8.03. The van der Waals surface area contributed by atoms with Gasteiger partial charge in [0.05, 0.1) is 19.8 Å². The van der Waals surface area contributed by atoms with Gasteiger partial charge in [0, 0.05) is 24.4 Å². The molecule has 2 fully saturated rings. The third kappa shape index (κ3) is 4.80. The Bertz CT molecular complexity index is 627. The first-order valence-corrected chi connectivity index (χ1v) is 10.2. The summed E-state index contributed by atoms with van der Waals surface area (Å²) in [6.45, 7) is 1.03. The first kappa shape index (κ1) is 20.1. The quantitative estimate of drug-likeness (QED) is 0.384. The van der Waals surface area contributed by atoms with E-state index in [4.69, 9.17) is 4.74 Å². The van der Waals surface area contributed by atoms with Crippen LogP contribution in [0.15, 0.2) is 42.5 Å². The second kappa shape index (κ2) is 9.52. The van der Waals surface area contributed by atoms with E-state index in [0.717, 1.165) is 45.1 Å². The number of ether oxygens (including phenoxy) is 2. The van der Waals surface area contributed by atoms with E-state index in [-0.39, 0.29) is 30.0 Å². The molecule has 2 bridgehead atoms. The number of rotatable bonds is 10. The molecule has 27 heavy (non-hydrogen) atoms. The number of hydrogen-bond acceptors (Lipinski definition) is 4. The maximum absolute atomic E-state index is 11.2. The van der Waals surface area contributed by atoms with Crippen LogP contribution in [-0.2, 0) is 20.7 Å². The van der Waals surface area contributed by atoms with Crippen molar-refractivity contribution in [1.82, 2.24) is 0 Å². The van der Waals surface area contributed by atoms with Crippen molar-refractivity contribution in [2.24, 2.45) is 17.3 Å². The van der Waals surface area contributed by atoms with Crippen molar-refractivity contribution in [3.05, 3.63) is 48.0 Å². The van der Waals surface area contributed by atoms with Crippen LogP contribution in [-0.4, -0.2) is 37.5 Å². The lowest BCUT2D eigenvalue weighted by Gasteiger charge is -2.38. The molecule has 0 aromatic heterocycles. The molecular formula is C23H32O4. The minimum absolute atomic E-state index is 0.145. The highest BCUT2D eigenvalue weighted by molar-refractivity contribution is 5.69. The van der Waals surface area contributed by atoms with E-state index in [1.807, 2.05) is 0 Å². The molecule has 1 aliphatic carbocycles. The number of methoxy groups -OCH3 is 1. The van der Waals surface area contributed by atoms with E-state index < -0.39 is 0 Å². The van der Waals surface area contributed by atoms with Crippen LogP contribution in [0.5, 0.6) is 0 Å². The molecule has 2 aliphatic rings. The highest BCUT2D eigenvalue weighted by atomic mass is 16.5. The van der Waals surface area contributed by atoms with Crippen LogP contribution in [0.2, 0.25) is 0 Å².